The van der Waals surface area contributed by atoms with Gasteiger partial charge in [-0.3, -0.25) is 4.79 Å². The van der Waals surface area contributed by atoms with E-state index in [1.807, 2.05) is 0 Å². The van der Waals surface area contributed by atoms with Crippen molar-refractivity contribution in [3.05, 3.63) is 29.8 Å². The van der Waals surface area contributed by atoms with Gasteiger partial charge in [-0.2, -0.15) is 0 Å². The number of hydrogen-bond donors (Lipinski definition) is 1. The molecule has 1 aliphatic carbocycles. The topological polar surface area (TPSA) is 29.1 Å². The van der Waals surface area contributed by atoms with Crippen molar-refractivity contribution in [3.8, 4) is 0 Å². The number of hydrogen-bond acceptors (Lipinski definition) is 2. The van der Waals surface area contributed by atoms with Gasteiger partial charge in [0.1, 0.15) is 0 Å². The van der Waals surface area contributed by atoms with Crippen LogP contribution in [0.1, 0.15) is 45.4 Å². The molecule has 21 heavy (non-hydrogen) atoms. The predicted molar refractivity (Wildman–Crippen MR) is 81.3 cm³/mol. The zero-order chi connectivity index (χ0) is 15.2. The second-order valence-electron chi connectivity index (χ2n) is 5.53. The first-order chi connectivity index (χ1) is 10.1. The maximum absolute atomic E-state index is 13.2. The van der Waals surface area contributed by atoms with Crippen molar-refractivity contribution in [2.75, 3.05) is 0 Å². The van der Waals surface area contributed by atoms with Crippen LogP contribution in [-0.2, 0) is 4.79 Å². The zero-order valence-corrected chi connectivity index (χ0v) is 13.0. The number of nitrogens with one attached hydrogen (secondary N) is 1. The Labute approximate surface area is 128 Å². The molecule has 1 aromatic rings. The van der Waals surface area contributed by atoms with Crippen LogP contribution in [0.3, 0.4) is 0 Å². The Hall–Kier alpha value is -1.10. The highest BCUT2D eigenvalue weighted by molar-refractivity contribution is 8.00. The van der Waals surface area contributed by atoms with Crippen LogP contribution in [0.25, 0.3) is 0 Å². The SMILES string of the molecule is C[C@H](Sc1ccc(F)c(F)c1)C(=O)NC1CCCCCC1. The monoisotopic (exact) mass is 313 g/mol. The number of benzene rings is 1. The first kappa shape index (κ1) is 16.3. The van der Waals surface area contributed by atoms with E-state index in [0.29, 0.717) is 4.90 Å². The van der Waals surface area contributed by atoms with Gasteiger partial charge in [-0.1, -0.05) is 25.7 Å². The van der Waals surface area contributed by atoms with E-state index in [9.17, 15) is 13.6 Å². The number of thioether (sulfide) groups is 1. The molecule has 1 aromatic carbocycles. The Morgan fingerprint density at radius 1 is 1.19 bits per heavy atom. The molecule has 5 heteroatoms. The quantitative estimate of drug-likeness (QED) is 0.664. The number of carbonyl (C=O) groups is 1. The molecule has 0 heterocycles. The van der Waals surface area contributed by atoms with Gasteiger partial charge in [-0.25, -0.2) is 8.78 Å². The molecule has 1 N–H and O–H groups in total. The molecule has 2 rings (SSSR count). The molecular formula is C16H21F2NOS. The summed E-state index contributed by atoms with van der Waals surface area (Å²) in [6, 6.07) is 3.98. The lowest BCUT2D eigenvalue weighted by atomic mass is 10.1. The van der Waals surface area contributed by atoms with Crippen molar-refractivity contribution in [2.45, 2.75) is 61.6 Å². The van der Waals surface area contributed by atoms with Crippen LogP contribution in [0.5, 0.6) is 0 Å². The van der Waals surface area contributed by atoms with Crippen LogP contribution in [-0.4, -0.2) is 17.2 Å². The van der Waals surface area contributed by atoms with Crippen molar-refractivity contribution < 1.29 is 13.6 Å². The highest BCUT2D eigenvalue weighted by atomic mass is 32.2. The number of carbonyl (C=O) groups excluding carboxylic acids is 1. The number of amides is 1. The Balaban J connectivity index is 1.87. The second kappa shape index (κ2) is 7.78. The Bertz CT molecular complexity index is 487. The van der Waals surface area contributed by atoms with Crippen LogP contribution >= 0.6 is 11.8 Å². The molecule has 0 aromatic heterocycles. The van der Waals surface area contributed by atoms with Crippen LogP contribution in [0.4, 0.5) is 8.78 Å². The Kier molecular flexibility index (Phi) is 6.03. The van der Waals surface area contributed by atoms with E-state index < -0.39 is 11.6 Å². The fraction of sp³-hybridized carbons (Fsp3) is 0.562. The van der Waals surface area contributed by atoms with E-state index in [1.54, 1.807) is 6.92 Å². The molecule has 1 atom stereocenters. The summed E-state index contributed by atoms with van der Waals surface area (Å²) in [7, 11) is 0. The van der Waals surface area contributed by atoms with Crippen LogP contribution in [0.2, 0.25) is 0 Å². The van der Waals surface area contributed by atoms with Crippen molar-refractivity contribution in [2.24, 2.45) is 0 Å². The number of rotatable bonds is 4. The summed E-state index contributed by atoms with van der Waals surface area (Å²) < 4.78 is 26.0. The molecule has 0 bridgehead atoms. The molecule has 1 amide bonds. The minimum absolute atomic E-state index is 0.0309. The van der Waals surface area contributed by atoms with Crippen LogP contribution < -0.4 is 5.32 Å². The molecule has 116 valence electrons. The summed E-state index contributed by atoms with van der Waals surface area (Å²) in [5, 5.41) is 2.76. The van der Waals surface area contributed by atoms with Gasteiger partial charge in [-0.05, 0) is 38.0 Å². The van der Waals surface area contributed by atoms with Crippen LogP contribution in [0.15, 0.2) is 23.1 Å². The van der Waals surface area contributed by atoms with Crippen molar-refractivity contribution in [1.82, 2.24) is 5.32 Å². The highest BCUT2D eigenvalue weighted by Crippen LogP contribution is 2.25. The average molecular weight is 313 g/mol. The van der Waals surface area contributed by atoms with Crippen molar-refractivity contribution >= 4 is 17.7 Å². The molecule has 0 saturated heterocycles. The summed E-state index contributed by atoms with van der Waals surface area (Å²) in [5.41, 5.74) is 0. The largest absolute Gasteiger partial charge is 0.352 e. The van der Waals surface area contributed by atoms with Gasteiger partial charge in [-0.15, -0.1) is 11.8 Å². The standard InChI is InChI=1S/C16H21F2NOS/c1-11(21-13-8-9-14(17)15(18)10-13)16(20)19-12-6-4-2-3-5-7-12/h8-12H,2-7H2,1H3,(H,19,20)/t11-/m0/s1. The molecule has 0 spiro atoms. The van der Waals surface area contributed by atoms with E-state index >= 15 is 0 Å². The minimum Gasteiger partial charge on any atom is -0.352 e. The van der Waals surface area contributed by atoms with Crippen molar-refractivity contribution in [1.29, 1.82) is 0 Å². The third kappa shape index (κ3) is 4.99. The lowest BCUT2D eigenvalue weighted by Gasteiger charge is -2.19. The second-order valence-corrected chi connectivity index (χ2v) is 6.95. The summed E-state index contributed by atoms with van der Waals surface area (Å²) in [4.78, 5) is 12.7. The Morgan fingerprint density at radius 2 is 1.86 bits per heavy atom. The fourth-order valence-corrected chi connectivity index (χ4v) is 3.45. The third-order valence-corrected chi connectivity index (χ3v) is 4.87. The lowest BCUT2D eigenvalue weighted by molar-refractivity contribution is -0.121. The number of halogens is 2. The molecule has 1 saturated carbocycles. The van der Waals surface area contributed by atoms with E-state index in [0.717, 1.165) is 37.8 Å². The Morgan fingerprint density at radius 3 is 2.48 bits per heavy atom. The van der Waals surface area contributed by atoms with Gasteiger partial charge < -0.3 is 5.32 Å². The maximum atomic E-state index is 13.2. The molecule has 0 unspecified atom stereocenters. The molecule has 0 aliphatic heterocycles. The van der Waals surface area contributed by atoms with E-state index in [4.69, 9.17) is 0 Å². The van der Waals surface area contributed by atoms with Gasteiger partial charge in [0, 0.05) is 10.9 Å². The van der Waals surface area contributed by atoms with Gasteiger partial charge in [0.15, 0.2) is 11.6 Å². The fourth-order valence-electron chi connectivity index (χ4n) is 2.55. The molecule has 2 nitrogen and oxygen atoms in total. The van der Waals surface area contributed by atoms with Gasteiger partial charge in [0.05, 0.1) is 5.25 Å². The lowest BCUT2D eigenvalue weighted by Crippen LogP contribution is -2.39. The predicted octanol–water partition coefficient (Wildman–Crippen LogP) is 4.28. The van der Waals surface area contributed by atoms with E-state index in [1.165, 1.54) is 30.7 Å². The third-order valence-electron chi connectivity index (χ3n) is 3.77. The molecule has 0 radical (unpaired) electrons. The highest BCUT2D eigenvalue weighted by Gasteiger charge is 2.20. The summed E-state index contributed by atoms with van der Waals surface area (Å²) >= 11 is 1.25. The average Bonchev–Trinajstić information content (AvgIpc) is 2.71. The van der Waals surface area contributed by atoms with Gasteiger partial charge in [0.2, 0.25) is 5.91 Å². The summed E-state index contributed by atoms with van der Waals surface area (Å²) in [5.74, 6) is -1.78. The van der Waals surface area contributed by atoms with E-state index in [-0.39, 0.29) is 17.2 Å². The smallest absolute Gasteiger partial charge is 0.233 e. The first-order valence-electron chi connectivity index (χ1n) is 7.48. The van der Waals surface area contributed by atoms with Gasteiger partial charge >= 0.3 is 0 Å². The van der Waals surface area contributed by atoms with E-state index in [2.05, 4.69) is 5.32 Å². The summed E-state index contributed by atoms with van der Waals surface area (Å²) in [6.45, 7) is 1.79. The van der Waals surface area contributed by atoms with Gasteiger partial charge in [0.25, 0.3) is 0 Å². The first-order valence-corrected chi connectivity index (χ1v) is 8.36. The molecule has 1 fully saturated rings. The van der Waals surface area contributed by atoms with Crippen LogP contribution in [0, 0.1) is 11.6 Å². The molecular weight excluding hydrogens is 292 g/mol. The normalized spacial score (nSPS) is 18.0. The maximum Gasteiger partial charge on any atom is 0.233 e. The zero-order valence-electron chi connectivity index (χ0n) is 12.2. The minimum atomic E-state index is -0.878. The molecule has 1 aliphatic rings. The van der Waals surface area contributed by atoms with Crippen molar-refractivity contribution in [3.63, 3.8) is 0 Å². The summed E-state index contributed by atoms with van der Waals surface area (Å²) in [6.07, 6.45) is 6.88.